The van der Waals surface area contributed by atoms with Gasteiger partial charge in [0.1, 0.15) is 6.61 Å². The van der Waals surface area contributed by atoms with Crippen molar-refractivity contribution in [2.75, 3.05) is 46.2 Å². The summed E-state index contributed by atoms with van der Waals surface area (Å²) < 4.78 is 26.9. The van der Waals surface area contributed by atoms with Gasteiger partial charge in [0.15, 0.2) is 11.5 Å². The van der Waals surface area contributed by atoms with Gasteiger partial charge in [-0.2, -0.15) is 0 Å². The highest BCUT2D eigenvalue weighted by molar-refractivity contribution is 5.39. The maximum atomic E-state index is 5.59. The Balaban J connectivity index is 1.87. The van der Waals surface area contributed by atoms with E-state index in [2.05, 4.69) is 6.61 Å². The van der Waals surface area contributed by atoms with Gasteiger partial charge in [-0.15, -0.1) is 0 Å². The highest BCUT2D eigenvalue weighted by Gasteiger charge is 2.05. The smallest absolute Gasteiger partial charge is 0.224 e. The maximum absolute atomic E-state index is 5.59. The summed E-state index contributed by atoms with van der Waals surface area (Å²) in [7, 11) is 0. The Morgan fingerprint density at radius 2 is 1.37 bits per heavy atom. The molecular weight excluding hydrogens is 248 g/mol. The van der Waals surface area contributed by atoms with Crippen LogP contribution in [0.15, 0.2) is 24.3 Å². The SMILES string of the molecule is [C]1COCCOCCOCCOc2ccccc2O1. The molecule has 104 valence electrons. The largest absolute Gasteiger partial charge is 0.487 e. The average molecular weight is 266 g/mol. The molecule has 2 radical (unpaired) electrons. The lowest BCUT2D eigenvalue weighted by molar-refractivity contribution is 0.0110. The number of hydrogen-bond donors (Lipinski definition) is 0. The van der Waals surface area contributed by atoms with Crippen molar-refractivity contribution in [2.24, 2.45) is 0 Å². The second-order valence-electron chi connectivity index (χ2n) is 3.82. The highest BCUT2D eigenvalue weighted by atomic mass is 16.6. The van der Waals surface area contributed by atoms with Crippen LogP contribution in [0.5, 0.6) is 11.5 Å². The summed E-state index contributed by atoms with van der Waals surface area (Å²) in [5.41, 5.74) is 0. The lowest BCUT2D eigenvalue weighted by Gasteiger charge is -2.11. The fourth-order valence-corrected chi connectivity index (χ4v) is 1.53. The Labute approximate surface area is 113 Å². The molecule has 1 aromatic rings. The minimum atomic E-state index is 0.286. The van der Waals surface area contributed by atoms with Gasteiger partial charge in [-0.25, -0.2) is 0 Å². The molecule has 0 aromatic heterocycles. The van der Waals surface area contributed by atoms with Gasteiger partial charge in [-0.05, 0) is 12.1 Å². The van der Waals surface area contributed by atoms with Crippen molar-refractivity contribution >= 4 is 0 Å². The molecular formula is C14H18O5. The predicted molar refractivity (Wildman–Crippen MR) is 68.3 cm³/mol. The number of rotatable bonds is 0. The van der Waals surface area contributed by atoms with Gasteiger partial charge < -0.3 is 23.7 Å². The van der Waals surface area contributed by atoms with Gasteiger partial charge in [-0.3, -0.25) is 0 Å². The number of hydrogen-bond acceptors (Lipinski definition) is 5. The van der Waals surface area contributed by atoms with Crippen LogP contribution in [0.4, 0.5) is 0 Å². The molecule has 19 heavy (non-hydrogen) atoms. The van der Waals surface area contributed by atoms with Gasteiger partial charge in [0.25, 0.3) is 0 Å². The first-order valence-electron chi connectivity index (χ1n) is 6.31. The zero-order valence-corrected chi connectivity index (χ0v) is 10.8. The minimum Gasteiger partial charge on any atom is -0.487 e. The molecule has 0 unspecified atom stereocenters. The molecule has 0 saturated heterocycles. The third-order valence-electron chi connectivity index (χ3n) is 2.42. The van der Waals surface area contributed by atoms with Crippen LogP contribution in [-0.2, 0) is 14.2 Å². The summed E-state index contributed by atoms with van der Waals surface area (Å²) in [6.45, 7) is 6.16. The minimum absolute atomic E-state index is 0.286. The van der Waals surface area contributed by atoms with E-state index in [0.717, 1.165) is 0 Å². The van der Waals surface area contributed by atoms with Crippen LogP contribution < -0.4 is 9.47 Å². The van der Waals surface area contributed by atoms with Crippen LogP contribution in [0.25, 0.3) is 0 Å². The van der Waals surface area contributed by atoms with E-state index in [-0.39, 0.29) is 6.61 Å². The fourth-order valence-electron chi connectivity index (χ4n) is 1.53. The summed E-state index contributed by atoms with van der Waals surface area (Å²) in [5, 5.41) is 0. The van der Waals surface area contributed by atoms with Crippen LogP contribution in [0, 0.1) is 6.61 Å². The Morgan fingerprint density at radius 1 is 0.737 bits per heavy atom. The summed E-state index contributed by atoms with van der Waals surface area (Å²) in [5.74, 6) is 1.29. The monoisotopic (exact) mass is 266 g/mol. The standard InChI is InChI=1S/C14H18O5/c1-2-4-14-13(3-1)18-11-9-16-7-5-15-6-8-17-10-12-19-14/h1-4H,5-11H2. The normalized spacial score (nSPS) is 19.2. The molecule has 0 saturated carbocycles. The molecule has 5 nitrogen and oxygen atoms in total. The van der Waals surface area contributed by atoms with E-state index in [9.17, 15) is 0 Å². The van der Waals surface area contributed by atoms with Crippen molar-refractivity contribution in [2.45, 2.75) is 0 Å². The van der Waals surface area contributed by atoms with Crippen LogP contribution in [-0.4, -0.2) is 46.2 Å². The molecule has 0 spiro atoms. The Hall–Kier alpha value is -1.30. The van der Waals surface area contributed by atoms with Crippen LogP contribution in [0.3, 0.4) is 0 Å². The van der Waals surface area contributed by atoms with Crippen LogP contribution in [0.2, 0.25) is 0 Å². The van der Waals surface area contributed by atoms with Crippen molar-refractivity contribution in [3.63, 3.8) is 0 Å². The summed E-state index contributed by atoms with van der Waals surface area (Å²) in [6.07, 6.45) is 0. The van der Waals surface area contributed by atoms with Crippen LogP contribution >= 0.6 is 0 Å². The molecule has 1 aromatic carbocycles. The molecule has 0 atom stereocenters. The van der Waals surface area contributed by atoms with Crippen molar-refractivity contribution in [1.82, 2.24) is 0 Å². The molecule has 0 N–H and O–H groups in total. The summed E-state index contributed by atoms with van der Waals surface area (Å²) in [6, 6.07) is 7.44. The molecule has 0 bridgehead atoms. The van der Waals surface area contributed by atoms with E-state index in [1.165, 1.54) is 0 Å². The zero-order chi connectivity index (χ0) is 13.2. The summed E-state index contributed by atoms with van der Waals surface area (Å²) in [4.78, 5) is 0. The Morgan fingerprint density at radius 3 is 2.16 bits per heavy atom. The first kappa shape index (κ1) is 14.1. The number of ether oxygens (including phenoxy) is 5. The van der Waals surface area contributed by atoms with Crippen molar-refractivity contribution < 1.29 is 23.7 Å². The maximum Gasteiger partial charge on any atom is 0.224 e. The molecule has 0 amide bonds. The number of para-hydroxylation sites is 2. The first-order chi connectivity index (χ1) is 9.47. The fraction of sp³-hybridized carbons (Fsp3) is 0.500. The topological polar surface area (TPSA) is 46.2 Å². The molecule has 0 aliphatic carbocycles. The molecule has 1 heterocycles. The van der Waals surface area contributed by atoms with E-state index in [4.69, 9.17) is 23.7 Å². The third kappa shape index (κ3) is 5.46. The highest BCUT2D eigenvalue weighted by Crippen LogP contribution is 2.26. The molecule has 2 rings (SSSR count). The number of benzene rings is 1. The van der Waals surface area contributed by atoms with E-state index < -0.39 is 0 Å². The van der Waals surface area contributed by atoms with Gasteiger partial charge in [0, 0.05) is 0 Å². The molecule has 1 aliphatic heterocycles. The van der Waals surface area contributed by atoms with Gasteiger partial charge in [0.05, 0.1) is 39.6 Å². The van der Waals surface area contributed by atoms with Crippen molar-refractivity contribution in [3.05, 3.63) is 30.9 Å². The van der Waals surface area contributed by atoms with E-state index in [1.807, 2.05) is 24.3 Å². The summed E-state index contributed by atoms with van der Waals surface area (Å²) >= 11 is 0. The molecule has 1 aliphatic rings. The molecule has 0 fully saturated rings. The van der Waals surface area contributed by atoms with Crippen LogP contribution in [0.1, 0.15) is 0 Å². The number of fused-ring (bicyclic) bond motifs is 1. The molecule has 5 heteroatoms. The zero-order valence-electron chi connectivity index (χ0n) is 10.8. The van der Waals surface area contributed by atoms with Gasteiger partial charge >= 0.3 is 0 Å². The van der Waals surface area contributed by atoms with E-state index in [0.29, 0.717) is 51.1 Å². The van der Waals surface area contributed by atoms with E-state index >= 15 is 0 Å². The average Bonchev–Trinajstić information content (AvgIpc) is 2.45. The Bertz CT molecular complexity index is 322. The van der Waals surface area contributed by atoms with Crippen molar-refractivity contribution in [3.8, 4) is 11.5 Å². The quantitative estimate of drug-likeness (QED) is 0.713. The lowest BCUT2D eigenvalue weighted by atomic mass is 10.3. The second-order valence-corrected chi connectivity index (χ2v) is 3.82. The predicted octanol–water partition coefficient (Wildman–Crippen LogP) is 1.55. The van der Waals surface area contributed by atoms with E-state index in [1.54, 1.807) is 0 Å². The van der Waals surface area contributed by atoms with Gasteiger partial charge in [0.2, 0.25) is 6.61 Å². The lowest BCUT2D eigenvalue weighted by Crippen LogP contribution is -2.12. The third-order valence-corrected chi connectivity index (χ3v) is 2.42. The first-order valence-corrected chi connectivity index (χ1v) is 6.31. The van der Waals surface area contributed by atoms with Crippen molar-refractivity contribution in [1.29, 1.82) is 0 Å². The second kappa shape index (κ2) is 8.74. The van der Waals surface area contributed by atoms with Gasteiger partial charge in [-0.1, -0.05) is 12.1 Å². The Kier molecular flexibility index (Phi) is 6.49.